The van der Waals surface area contributed by atoms with Crippen LogP contribution in [0.1, 0.15) is 42.5 Å². The standard InChI is InChI=1S/C21H21ClF3NO3/c1-2-29-15-6-3-5-13(11-15)19(26-10-4-7-18(26)20(27)28)16-12-14(21(23,24)25)8-9-17(16)22/h3,5-6,8-9,11-12,18-19H,2,4,7,10H2,1H3,(H,27,28). The van der Waals surface area contributed by atoms with Crippen molar-refractivity contribution in [3.63, 3.8) is 0 Å². The van der Waals surface area contributed by atoms with Crippen LogP contribution in [0.2, 0.25) is 5.02 Å². The molecule has 156 valence electrons. The third kappa shape index (κ3) is 4.67. The summed E-state index contributed by atoms with van der Waals surface area (Å²) in [4.78, 5) is 13.5. The summed E-state index contributed by atoms with van der Waals surface area (Å²) >= 11 is 6.32. The molecule has 2 aromatic carbocycles. The number of likely N-dealkylation sites (tertiary alicyclic amines) is 1. The summed E-state index contributed by atoms with van der Waals surface area (Å²) in [6.45, 7) is 2.70. The van der Waals surface area contributed by atoms with E-state index in [4.69, 9.17) is 16.3 Å². The van der Waals surface area contributed by atoms with E-state index in [1.54, 1.807) is 29.2 Å². The van der Waals surface area contributed by atoms with Crippen LogP contribution < -0.4 is 4.74 Å². The van der Waals surface area contributed by atoms with Crippen molar-refractivity contribution < 1.29 is 27.8 Å². The second-order valence-corrected chi connectivity index (χ2v) is 7.28. The molecule has 1 N–H and O–H groups in total. The Balaban J connectivity index is 2.16. The first kappa shape index (κ1) is 21.5. The average molecular weight is 428 g/mol. The lowest BCUT2D eigenvalue weighted by molar-refractivity contribution is -0.143. The molecule has 3 rings (SSSR count). The Labute approximate surface area is 171 Å². The van der Waals surface area contributed by atoms with Crippen molar-refractivity contribution in [3.8, 4) is 5.75 Å². The second kappa shape index (κ2) is 8.63. The monoisotopic (exact) mass is 427 g/mol. The van der Waals surface area contributed by atoms with Gasteiger partial charge in [0.1, 0.15) is 11.8 Å². The van der Waals surface area contributed by atoms with Gasteiger partial charge in [-0.3, -0.25) is 9.69 Å². The first-order chi connectivity index (χ1) is 13.7. The minimum absolute atomic E-state index is 0.154. The SMILES string of the molecule is CCOc1cccc(C(c2cc(C(F)(F)F)ccc2Cl)N2CCCC2C(=O)O)c1. The van der Waals surface area contributed by atoms with Crippen molar-refractivity contribution in [2.75, 3.05) is 13.2 Å². The first-order valence-electron chi connectivity index (χ1n) is 9.30. The zero-order chi connectivity index (χ0) is 21.2. The van der Waals surface area contributed by atoms with Crippen LogP contribution in [0.3, 0.4) is 0 Å². The lowest BCUT2D eigenvalue weighted by atomic mass is 9.94. The summed E-state index contributed by atoms with van der Waals surface area (Å²) in [5.74, 6) is -0.444. The fraction of sp³-hybridized carbons (Fsp3) is 0.381. The summed E-state index contributed by atoms with van der Waals surface area (Å²) < 4.78 is 45.6. The predicted octanol–water partition coefficient (Wildman–Crippen LogP) is 5.40. The van der Waals surface area contributed by atoms with E-state index in [1.807, 2.05) is 6.92 Å². The van der Waals surface area contributed by atoms with Crippen LogP contribution in [0.4, 0.5) is 13.2 Å². The maximum absolute atomic E-state index is 13.3. The van der Waals surface area contributed by atoms with Crippen molar-refractivity contribution in [3.05, 3.63) is 64.2 Å². The zero-order valence-electron chi connectivity index (χ0n) is 15.7. The Hall–Kier alpha value is -2.25. The van der Waals surface area contributed by atoms with Crippen LogP contribution in [0.25, 0.3) is 0 Å². The smallest absolute Gasteiger partial charge is 0.416 e. The number of aliphatic carboxylic acids is 1. The summed E-state index contributed by atoms with van der Waals surface area (Å²) in [5.41, 5.74) is 0.0301. The molecule has 29 heavy (non-hydrogen) atoms. The number of ether oxygens (including phenoxy) is 1. The highest BCUT2D eigenvalue weighted by Gasteiger charge is 2.39. The highest BCUT2D eigenvalue weighted by Crippen LogP contribution is 2.41. The van der Waals surface area contributed by atoms with Gasteiger partial charge in [0.05, 0.1) is 18.2 Å². The van der Waals surface area contributed by atoms with Crippen LogP contribution in [0, 0.1) is 0 Å². The highest BCUT2D eigenvalue weighted by atomic mass is 35.5. The summed E-state index contributed by atoms with van der Waals surface area (Å²) in [7, 11) is 0. The number of nitrogens with zero attached hydrogens (tertiary/aromatic N) is 1. The van der Waals surface area contributed by atoms with Crippen LogP contribution >= 0.6 is 11.6 Å². The number of alkyl halides is 3. The molecular weight excluding hydrogens is 407 g/mol. The fourth-order valence-corrected chi connectivity index (χ4v) is 4.00. The number of halogens is 4. The maximum atomic E-state index is 13.3. The topological polar surface area (TPSA) is 49.8 Å². The van der Waals surface area contributed by atoms with Gasteiger partial charge in [-0.15, -0.1) is 0 Å². The lowest BCUT2D eigenvalue weighted by Gasteiger charge is -2.33. The molecule has 0 aromatic heterocycles. The van der Waals surface area contributed by atoms with Gasteiger partial charge in [-0.1, -0.05) is 23.7 Å². The highest BCUT2D eigenvalue weighted by molar-refractivity contribution is 6.31. The number of carbonyl (C=O) groups is 1. The third-order valence-electron chi connectivity index (χ3n) is 5.01. The second-order valence-electron chi connectivity index (χ2n) is 6.88. The van der Waals surface area contributed by atoms with E-state index < -0.39 is 29.8 Å². The van der Waals surface area contributed by atoms with Crippen LogP contribution in [0.15, 0.2) is 42.5 Å². The summed E-state index contributed by atoms with van der Waals surface area (Å²) in [6, 6.07) is 8.57. The first-order valence-corrected chi connectivity index (χ1v) is 9.68. The normalized spacial score (nSPS) is 18.6. The Morgan fingerprint density at radius 1 is 1.31 bits per heavy atom. The molecule has 1 heterocycles. The Morgan fingerprint density at radius 3 is 2.72 bits per heavy atom. The van der Waals surface area contributed by atoms with Gasteiger partial charge in [-0.05, 0) is 61.2 Å². The van der Waals surface area contributed by atoms with Crippen LogP contribution in [-0.2, 0) is 11.0 Å². The van der Waals surface area contributed by atoms with Crippen LogP contribution in [0.5, 0.6) is 5.75 Å². The van der Waals surface area contributed by atoms with Crippen molar-refractivity contribution in [1.29, 1.82) is 0 Å². The predicted molar refractivity (Wildman–Crippen MR) is 103 cm³/mol. The van der Waals surface area contributed by atoms with E-state index in [1.165, 1.54) is 6.07 Å². The summed E-state index contributed by atoms with van der Waals surface area (Å²) in [5, 5.41) is 9.79. The molecule has 0 spiro atoms. The van der Waals surface area contributed by atoms with Gasteiger partial charge in [0.2, 0.25) is 0 Å². The minimum atomic E-state index is -4.53. The van der Waals surface area contributed by atoms with Gasteiger partial charge in [0, 0.05) is 11.6 Å². The van der Waals surface area contributed by atoms with Crippen molar-refractivity contribution >= 4 is 17.6 Å². The number of hydrogen-bond donors (Lipinski definition) is 1. The fourth-order valence-electron chi connectivity index (χ4n) is 3.78. The molecule has 2 atom stereocenters. The Bertz CT molecular complexity index is 888. The number of carboxylic acid groups (broad SMARTS) is 1. The molecule has 2 unspecified atom stereocenters. The van der Waals surface area contributed by atoms with Crippen LogP contribution in [-0.4, -0.2) is 35.2 Å². The van der Waals surface area contributed by atoms with Gasteiger partial charge < -0.3 is 9.84 Å². The van der Waals surface area contributed by atoms with E-state index in [0.29, 0.717) is 37.3 Å². The summed E-state index contributed by atoms with van der Waals surface area (Å²) in [6.07, 6.45) is -3.48. The molecular formula is C21H21ClF3NO3. The minimum Gasteiger partial charge on any atom is -0.494 e. The number of benzene rings is 2. The number of carboxylic acids is 1. The van der Waals surface area contributed by atoms with Crippen molar-refractivity contribution in [2.45, 2.75) is 38.0 Å². The number of rotatable bonds is 6. The largest absolute Gasteiger partial charge is 0.494 e. The molecule has 1 fully saturated rings. The van der Waals surface area contributed by atoms with Gasteiger partial charge in [-0.25, -0.2) is 0 Å². The Kier molecular flexibility index (Phi) is 6.39. The molecule has 0 radical (unpaired) electrons. The molecule has 0 amide bonds. The quantitative estimate of drug-likeness (QED) is 0.671. The van der Waals surface area contributed by atoms with E-state index in [9.17, 15) is 23.1 Å². The molecule has 0 aliphatic carbocycles. The van der Waals surface area contributed by atoms with Gasteiger partial charge in [0.25, 0.3) is 0 Å². The molecule has 1 saturated heterocycles. The molecule has 8 heteroatoms. The van der Waals surface area contributed by atoms with E-state index in [-0.39, 0.29) is 10.6 Å². The number of hydrogen-bond acceptors (Lipinski definition) is 3. The molecule has 2 aromatic rings. The van der Waals surface area contributed by atoms with Crippen molar-refractivity contribution in [1.82, 2.24) is 4.90 Å². The van der Waals surface area contributed by atoms with Crippen molar-refractivity contribution in [2.24, 2.45) is 0 Å². The molecule has 1 aliphatic heterocycles. The molecule has 0 saturated carbocycles. The maximum Gasteiger partial charge on any atom is 0.416 e. The Morgan fingerprint density at radius 2 is 2.07 bits per heavy atom. The van der Waals surface area contributed by atoms with Gasteiger partial charge in [0.15, 0.2) is 0 Å². The molecule has 4 nitrogen and oxygen atoms in total. The van der Waals surface area contributed by atoms with E-state index in [0.717, 1.165) is 12.1 Å². The lowest BCUT2D eigenvalue weighted by Crippen LogP contribution is -2.39. The van der Waals surface area contributed by atoms with E-state index in [2.05, 4.69) is 0 Å². The molecule has 0 bridgehead atoms. The third-order valence-corrected chi connectivity index (χ3v) is 5.36. The van der Waals surface area contributed by atoms with E-state index >= 15 is 0 Å². The van der Waals surface area contributed by atoms with Gasteiger partial charge in [-0.2, -0.15) is 13.2 Å². The zero-order valence-corrected chi connectivity index (χ0v) is 16.5. The van der Waals surface area contributed by atoms with Gasteiger partial charge >= 0.3 is 12.1 Å². The average Bonchev–Trinajstić information content (AvgIpc) is 3.13. The molecule has 1 aliphatic rings.